The molecule has 1 atom stereocenters. The number of aromatic nitrogens is 2. The third kappa shape index (κ3) is 2.96. The lowest BCUT2D eigenvalue weighted by molar-refractivity contribution is 0.0970. The third-order valence-corrected chi connectivity index (χ3v) is 6.04. The summed E-state index contributed by atoms with van der Waals surface area (Å²) in [6.45, 7) is 0. The van der Waals surface area contributed by atoms with Gasteiger partial charge in [-0.25, -0.2) is 0 Å². The number of halogens is 1. The minimum absolute atomic E-state index is 0.0510. The van der Waals surface area contributed by atoms with E-state index in [1.807, 2.05) is 0 Å². The zero-order valence-corrected chi connectivity index (χ0v) is 17.9. The number of carbonyl (C=O) groups is 1. The van der Waals surface area contributed by atoms with Crippen molar-refractivity contribution in [3.05, 3.63) is 74.0 Å². The summed E-state index contributed by atoms with van der Waals surface area (Å²) in [4.78, 5) is 28.4. The maximum Gasteiger partial charge on any atom is 0.297 e. The van der Waals surface area contributed by atoms with E-state index in [4.69, 9.17) is 25.5 Å². The normalized spacial score (nSPS) is 15.4. The maximum absolute atomic E-state index is 13.6. The van der Waals surface area contributed by atoms with Gasteiger partial charge in [-0.1, -0.05) is 22.9 Å². The molecule has 2 aromatic carbocycles. The SMILES string of the molecule is COc1ccc(OC)c([C@H]2c3c(oc4ccc(Cl)cc4c3=O)C(=O)N2c2nncs2)c1. The van der Waals surface area contributed by atoms with E-state index in [1.165, 1.54) is 42.0 Å². The van der Waals surface area contributed by atoms with Crippen LogP contribution in [0.3, 0.4) is 0 Å². The van der Waals surface area contributed by atoms with Crippen LogP contribution in [0.4, 0.5) is 5.13 Å². The first-order valence-corrected chi connectivity index (χ1v) is 10.4. The second-order valence-corrected chi connectivity index (χ2v) is 7.97. The van der Waals surface area contributed by atoms with Crippen molar-refractivity contribution in [2.24, 2.45) is 0 Å². The highest BCUT2D eigenvalue weighted by atomic mass is 35.5. The summed E-state index contributed by atoms with van der Waals surface area (Å²) in [6.07, 6.45) is 0. The topological polar surface area (TPSA) is 94.8 Å². The molecule has 0 aliphatic carbocycles. The van der Waals surface area contributed by atoms with E-state index in [2.05, 4.69) is 10.2 Å². The Balaban J connectivity index is 1.86. The van der Waals surface area contributed by atoms with Crippen LogP contribution in [0.1, 0.15) is 27.7 Å². The van der Waals surface area contributed by atoms with Crippen molar-refractivity contribution in [2.45, 2.75) is 6.04 Å². The average molecular weight is 456 g/mol. The van der Waals surface area contributed by atoms with E-state index in [1.54, 1.807) is 30.3 Å². The van der Waals surface area contributed by atoms with Crippen LogP contribution in [0.25, 0.3) is 11.0 Å². The summed E-state index contributed by atoms with van der Waals surface area (Å²) in [5, 5.41) is 8.90. The Morgan fingerprint density at radius 2 is 1.97 bits per heavy atom. The summed E-state index contributed by atoms with van der Waals surface area (Å²) >= 11 is 7.28. The number of hydrogen-bond donors (Lipinski definition) is 0. The molecule has 4 aromatic rings. The summed E-state index contributed by atoms with van der Waals surface area (Å²) in [5.41, 5.74) is 2.17. The zero-order valence-electron chi connectivity index (χ0n) is 16.3. The van der Waals surface area contributed by atoms with Gasteiger partial charge in [0.25, 0.3) is 5.91 Å². The van der Waals surface area contributed by atoms with Crippen molar-refractivity contribution >= 4 is 44.9 Å². The minimum Gasteiger partial charge on any atom is -0.497 e. The average Bonchev–Trinajstić information content (AvgIpc) is 3.40. The van der Waals surface area contributed by atoms with Gasteiger partial charge in [-0.3, -0.25) is 14.5 Å². The molecule has 0 radical (unpaired) electrons. The van der Waals surface area contributed by atoms with Gasteiger partial charge < -0.3 is 13.9 Å². The van der Waals surface area contributed by atoms with E-state index >= 15 is 0 Å². The predicted molar refractivity (Wildman–Crippen MR) is 116 cm³/mol. The first kappa shape index (κ1) is 19.5. The fourth-order valence-electron chi connectivity index (χ4n) is 3.76. The Kier molecular flexibility index (Phi) is 4.64. The van der Waals surface area contributed by atoms with Crippen molar-refractivity contribution in [2.75, 3.05) is 19.1 Å². The number of amides is 1. The van der Waals surface area contributed by atoms with Crippen LogP contribution in [-0.2, 0) is 0 Å². The van der Waals surface area contributed by atoms with Gasteiger partial charge in [0.05, 0.1) is 25.2 Å². The number of anilines is 1. The summed E-state index contributed by atoms with van der Waals surface area (Å²) in [5.74, 6) is 0.481. The molecule has 1 aliphatic heterocycles. The number of ether oxygens (including phenoxy) is 2. The highest BCUT2D eigenvalue weighted by Gasteiger charge is 2.46. The Morgan fingerprint density at radius 3 is 2.68 bits per heavy atom. The summed E-state index contributed by atoms with van der Waals surface area (Å²) in [6, 6.07) is 9.03. The molecule has 2 aromatic heterocycles. The fraction of sp³-hybridized carbons (Fsp3) is 0.143. The number of rotatable bonds is 4. The molecule has 0 N–H and O–H groups in total. The summed E-state index contributed by atoms with van der Waals surface area (Å²) < 4.78 is 16.8. The van der Waals surface area contributed by atoms with Crippen LogP contribution in [0.5, 0.6) is 11.5 Å². The van der Waals surface area contributed by atoms with Gasteiger partial charge in [-0.15, -0.1) is 10.2 Å². The number of hydrogen-bond acceptors (Lipinski definition) is 8. The molecular formula is C21H14ClN3O5S. The maximum atomic E-state index is 13.6. The van der Waals surface area contributed by atoms with Gasteiger partial charge in [0.2, 0.25) is 10.9 Å². The molecule has 8 nitrogen and oxygen atoms in total. The van der Waals surface area contributed by atoms with Crippen LogP contribution in [-0.4, -0.2) is 30.3 Å². The Bertz CT molecular complexity index is 1390. The molecule has 3 heterocycles. The fourth-order valence-corrected chi connectivity index (χ4v) is 4.52. The van der Waals surface area contributed by atoms with E-state index in [-0.39, 0.29) is 27.7 Å². The van der Waals surface area contributed by atoms with E-state index in [9.17, 15) is 9.59 Å². The molecule has 1 amide bonds. The van der Waals surface area contributed by atoms with Gasteiger partial charge in [0, 0.05) is 10.6 Å². The van der Waals surface area contributed by atoms with Gasteiger partial charge in [-0.2, -0.15) is 0 Å². The van der Waals surface area contributed by atoms with Crippen LogP contribution < -0.4 is 19.8 Å². The molecular weight excluding hydrogens is 442 g/mol. The van der Waals surface area contributed by atoms with E-state index in [0.29, 0.717) is 27.2 Å². The number of fused-ring (bicyclic) bond motifs is 2. The number of nitrogens with zero attached hydrogens (tertiary/aromatic N) is 3. The lowest BCUT2D eigenvalue weighted by Crippen LogP contribution is -2.29. The largest absolute Gasteiger partial charge is 0.497 e. The van der Waals surface area contributed by atoms with Crippen molar-refractivity contribution < 1.29 is 18.7 Å². The van der Waals surface area contributed by atoms with Crippen LogP contribution in [0.2, 0.25) is 5.02 Å². The van der Waals surface area contributed by atoms with E-state index in [0.717, 1.165) is 0 Å². The van der Waals surface area contributed by atoms with Gasteiger partial charge in [0.1, 0.15) is 28.6 Å². The lowest BCUT2D eigenvalue weighted by Gasteiger charge is -2.24. The molecule has 10 heteroatoms. The smallest absolute Gasteiger partial charge is 0.297 e. The Morgan fingerprint density at radius 1 is 1.13 bits per heavy atom. The molecule has 5 rings (SSSR count). The van der Waals surface area contributed by atoms with Gasteiger partial charge in [0.15, 0.2) is 5.43 Å². The zero-order chi connectivity index (χ0) is 21.7. The highest BCUT2D eigenvalue weighted by molar-refractivity contribution is 7.13. The van der Waals surface area contributed by atoms with Crippen LogP contribution >= 0.6 is 22.9 Å². The predicted octanol–water partition coefficient (Wildman–Crippen LogP) is 4.06. The molecule has 0 spiro atoms. The Labute approximate surface area is 184 Å². The molecule has 0 saturated carbocycles. The second kappa shape index (κ2) is 7.36. The van der Waals surface area contributed by atoms with Crippen molar-refractivity contribution in [1.82, 2.24) is 10.2 Å². The Hall–Kier alpha value is -3.43. The van der Waals surface area contributed by atoms with Crippen molar-refractivity contribution in [1.29, 1.82) is 0 Å². The first-order valence-electron chi connectivity index (χ1n) is 9.11. The quantitative estimate of drug-likeness (QED) is 0.457. The number of methoxy groups -OCH3 is 2. The number of carbonyl (C=O) groups excluding carboxylic acids is 1. The van der Waals surface area contributed by atoms with Gasteiger partial charge in [-0.05, 0) is 36.4 Å². The molecule has 0 unspecified atom stereocenters. The third-order valence-electron chi connectivity index (χ3n) is 5.12. The lowest BCUT2D eigenvalue weighted by atomic mass is 9.97. The molecule has 31 heavy (non-hydrogen) atoms. The molecule has 1 aliphatic rings. The number of benzene rings is 2. The first-order chi connectivity index (χ1) is 15.0. The molecule has 0 saturated heterocycles. The molecule has 0 fully saturated rings. The highest BCUT2D eigenvalue weighted by Crippen LogP contribution is 2.45. The standard InChI is InChI=1S/C21H14ClN3O5S/c1-28-11-4-6-14(29-2)12(8-11)17-16-18(26)13-7-10(22)3-5-15(13)30-19(16)20(27)25(17)21-24-23-9-31-21/h3-9,17H,1-2H3/t17-/m0/s1. The van der Waals surface area contributed by atoms with Crippen molar-refractivity contribution in [3.63, 3.8) is 0 Å². The second-order valence-electron chi connectivity index (χ2n) is 6.72. The van der Waals surface area contributed by atoms with Crippen LogP contribution in [0, 0.1) is 0 Å². The van der Waals surface area contributed by atoms with Crippen LogP contribution in [0.15, 0.2) is 51.1 Å². The molecule has 0 bridgehead atoms. The van der Waals surface area contributed by atoms with E-state index < -0.39 is 11.9 Å². The molecule has 156 valence electrons. The van der Waals surface area contributed by atoms with Gasteiger partial charge >= 0.3 is 0 Å². The monoisotopic (exact) mass is 455 g/mol. The minimum atomic E-state index is -0.847. The van der Waals surface area contributed by atoms with Crippen molar-refractivity contribution in [3.8, 4) is 11.5 Å². The summed E-state index contributed by atoms with van der Waals surface area (Å²) in [7, 11) is 3.05.